The lowest BCUT2D eigenvalue weighted by molar-refractivity contribution is 0.293. The SMILES string of the molecule is CCCCCCCCn1cc(C(CCNCCCN)C2CCCCC2)c2ccccc21.Cl. The molecule has 0 spiro atoms. The molecule has 1 heterocycles. The summed E-state index contributed by atoms with van der Waals surface area (Å²) in [6.45, 7) is 6.40. The number of aryl methyl sites for hydroxylation is 1. The number of nitrogens with two attached hydrogens (primary N) is 1. The zero-order valence-corrected chi connectivity index (χ0v) is 21.3. The molecule has 1 saturated carbocycles. The van der Waals surface area contributed by atoms with Crippen molar-refractivity contribution in [3.05, 3.63) is 36.0 Å². The van der Waals surface area contributed by atoms with Crippen molar-refractivity contribution in [1.82, 2.24) is 9.88 Å². The molecule has 3 rings (SSSR count). The number of nitrogens with zero attached hydrogens (tertiary/aromatic N) is 1. The van der Waals surface area contributed by atoms with Crippen molar-refractivity contribution in [1.29, 1.82) is 0 Å². The van der Waals surface area contributed by atoms with Gasteiger partial charge < -0.3 is 15.6 Å². The summed E-state index contributed by atoms with van der Waals surface area (Å²) in [4.78, 5) is 0. The molecule has 0 radical (unpaired) electrons. The van der Waals surface area contributed by atoms with Crippen LogP contribution in [0.15, 0.2) is 30.5 Å². The largest absolute Gasteiger partial charge is 0.347 e. The maximum Gasteiger partial charge on any atom is 0.0483 e. The summed E-state index contributed by atoms with van der Waals surface area (Å²) in [5.41, 5.74) is 8.74. The number of halogens is 1. The molecule has 182 valence electrons. The Hall–Kier alpha value is -1.03. The molecule has 1 aromatic carbocycles. The van der Waals surface area contributed by atoms with Crippen LogP contribution in [0, 0.1) is 5.92 Å². The Kier molecular flexibility index (Phi) is 13.4. The Morgan fingerprint density at radius 2 is 1.72 bits per heavy atom. The van der Waals surface area contributed by atoms with Crippen molar-refractivity contribution in [3.63, 3.8) is 0 Å². The number of hydrogen-bond acceptors (Lipinski definition) is 2. The molecule has 0 bridgehead atoms. The molecule has 0 aliphatic heterocycles. The normalized spacial score (nSPS) is 15.7. The third-order valence-electron chi connectivity index (χ3n) is 7.38. The monoisotopic (exact) mass is 461 g/mol. The van der Waals surface area contributed by atoms with Gasteiger partial charge in [-0.2, -0.15) is 0 Å². The zero-order chi connectivity index (χ0) is 21.7. The van der Waals surface area contributed by atoms with Gasteiger partial charge in [-0.15, -0.1) is 12.4 Å². The first-order chi connectivity index (χ1) is 15.3. The van der Waals surface area contributed by atoms with Crippen LogP contribution in [0.4, 0.5) is 0 Å². The molecule has 3 N–H and O–H groups in total. The van der Waals surface area contributed by atoms with Crippen molar-refractivity contribution in [2.24, 2.45) is 11.7 Å². The minimum Gasteiger partial charge on any atom is -0.347 e. The van der Waals surface area contributed by atoms with Gasteiger partial charge in [-0.3, -0.25) is 0 Å². The van der Waals surface area contributed by atoms with Crippen LogP contribution in [0.5, 0.6) is 0 Å². The van der Waals surface area contributed by atoms with Crippen molar-refractivity contribution in [2.45, 2.75) is 103 Å². The van der Waals surface area contributed by atoms with E-state index < -0.39 is 0 Å². The molecule has 1 atom stereocenters. The van der Waals surface area contributed by atoms with Crippen LogP contribution in [0.3, 0.4) is 0 Å². The van der Waals surface area contributed by atoms with Crippen molar-refractivity contribution in [3.8, 4) is 0 Å². The number of unbranched alkanes of at least 4 members (excludes halogenated alkanes) is 5. The van der Waals surface area contributed by atoms with Gasteiger partial charge in [-0.1, -0.05) is 76.5 Å². The average Bonchev–Trinajstić information content (AvgIpc) is 3.17. The van der Waals surface area contributed by atoms with E-state index in [1.54, 1.807) is 5.56 Å². The Labute approximate surface area is 203 Å². The molecule has 1 aliphatic carbocycles. The molecular formula is C28H48ClN3. The fraction of sp³-hybridized carbons (Fsp3) is 0.714. The first-order valence-corrected chi connectivity index (χ1v) is 13.3. The van der Waals surface area contributed by atoms with Crippen LogP contribution in [0.1, 0.15) is 102 Å². The van der Waals surface area contributed by atoms with Gasteiger partial charge >= 0.3 is 0 Å². The van der Waals surface area contributed by atoms with Gasteiger partial charge in [0.1, 0.15) is 0 Å². The van der Waals surface area contributed by atoms with Crippen molar-refractivity contribution in [2.75, 3.05) is 19.6 Å². The van der Waals surface area contributed by atoms with Crippen LogP contribution < -0.4 is 11.1 Å². The number of benzene rings is 1. The second-order valence-corrected chi connectivity index (χ2v) is 9.75. The lowest BCUT2D eigenvalue weighted by Gasteiger charge is -2.30. The van der Waals surface area contributed by atoms with Crippen LogP contribution in [-0.2, 0) is 6.54 Å². The van der Waals surface area contributed by atoms with E-state index in [9.17, 15) is 0 Å². The number of nitrogens with one attached hydrogen (secondary N) is 1. The second-order valence-electron chi connectivity index (χ2n) is 9.75. The number of para-hydroxylation sites is 1. The van der Waals surface area contributed by atoms with Crippen molar-refractivity contribution >= 4 is 23.3 Å². The van der Waals surface area contributed by atoms with Gasteiger partial charge in [-0.25, -0.2) is 0 Å². The van der Waals surface area contributed by atoms with Crippen molar-refractivity contribution < 1.29 is 0 Å². The molecule has 0 saturated heterocycles. The molecule has 1 aromatic heterocycles. The van der Waals surface area contributed by atoms with E-state index in [0.717, 1.165) is 32.0 Å². The molecule has 1 unspecified atom stereocenters. The van der Waals surface area contributed by atoms with Crippen LogP contribution in [-0.4, -0.2) is 24.2 Å². The predicted octanol–water partition coefficient (Wildman–Crippen LogP) is 7.42. The highest BCUT2D eigenvalue weighted by Crippen LogP contribution is 2.41. The molecule has 1 fully saturated rings. The second kappa shape index (κ2) is 15.7. The predicted molar refractivity (Wildman–Crippen MR) is 143 cm³/mol. The van der Waals surface area contributed by atoms with Gasteiger partial charge in [0.05, 0.1) is 0 Å². The quantitative estimate of drug-likeness (QED) is 0.271. The number of fused-ring (bicyclic) bond motifs is 1. The van der Waals surface area contributed by atoms with Gasteiger partial charge in [0.2, 0.25) is 0 Å². The highest BCUT2D eigenvalue weighted by molar-refractivity contribution is 5.85. The molecule has 1 aliphatic rings. The molecular weight excluding hydrogens is 414 g/mol. The third kappa shape index (κ3) is 8.08. The molecule has 32 heavy (non-hydrogen) atoms. The topological polar surface area (TPSA) is 43.0 Å². The summed E-state index contributed by atoms with van der Waals surface area (Å²) in [5.74, 6) is 1.53. The van der Waals surface area contributed by atoms with Gasteiger partial charge in [0.15, 0.2) is 0 Å². The first kappa shape index (κ1) is 27.2. The minimum atomic E-state index is 0. The van der Waals surface area contributed by atoms with E-state index in [-0.39, 0.29) is 12.4 Å². The number of aromatic nitrogens is 1. The van der Waals surface area contributed by atoms with Crippen LogP contribution in [0.25, 0.3) is 10.9 Å². The maximum absolute atomic E-state index is 5.67. The lowest BCUT2D eigenvalue weighted by Crippen LogP contribution is -2.24. The maximum atomic E-state index is 5.67. The summed E-state index contributed by atoms with van der Waals surface area (Å²) < 4.78 is 2.57. The summed E-state index contributed by atoms with van der Waals surface area (Å²) in [5, 5.41) is 5.16. The van der Waals surface area contributed by atoms with Crippen LogP contribution >= 0.6 is 12.4 Å². The minimum absolute atomic E-state index is 0. The van der Waals surface area contributed by atoms with E-state index >= 15 is 0 Å². The Morgan fingerprint density at radius 3 is 2.50 bits per heavy atom. The van der Waals surface area contributed by atoms with E-state index in [4.69, 9.17) is 5.73 Å². The lowest BCUT2D eigenvalue weighted by atomic mass is 9.75. The Morgan fingerprint density at radius 1 is 0.969 bits per heavy atom. The third-order valence-corrected chi connectivity index (χ3v) is 7.38. The van der Waals surface area contributed by atoms with E-state index in [1.165, 1.54) is 94.5 Å². The number of rotatable bonds is 15. The fourth-order valence-electron chi connectivity index (χ4n) is 5.61. The molecule has 4 heteroatoms. The highest BCUT2D eigenvalue weighted by atomic mass is 35.5. The molecule has 3 nitrogen and oxygen atoms in total. The summed E-state index contributed by atoms with van der Waals surface area (Å²) in [7, 11) is 0. The summed E-state index contributed by atoms with van der Waals surface area (Å²) in [6.07, 6.45) is 20.1. The van der Waals surface area contributed by atoms with Gasteiger partial charge in [-0.05, 0) is 75.2 Å². The zero-order valence-electron chi connectivity index (χ0n) is 20.5. The first-order valence-electron chi connectivity index (χ1n) is 13.3. The Bertz CT molecular complexity index is 735. The fourth-order valence-corrected chi connectivity index (χ4v) is 5.61. The molecule has 2 aromatic rings. The highest BCUT2D eigenvalue weighted by Gasteiger charge is 2.27. The molecule has 0 amide bonds. The average molecular weight is 462 g/mol. The van der Waals surface area contributed by atoms with E-state index in [1.807, 2.05) is 0 Å². The van der Waals surface area contributed by atoms with E-state index in [2.05, 4.69) is 47.3 Å². The van der Waals surface area contributed by atoms with Crippen LogP contribution in [0.2, 0.25) is 0 Å². The number of hydrogen-bond donors (Lipinski definition) is 2. The Balaban J connectivity index is 0.00000363. The van der Waals surface area contributed by atoms with E-state index in [0.29, 0.717) is 5.92 Å². The summed E-state index contributed by atoms with van der Waals surface area (Å²) in [6, 6.07) is 9.17. The standard InChI is InChI=1S/C28H47N3.ClH/c1-2-3-4-5-6-12-22-31-23-27(26-16-10-11-17-28(26)31)25(18-21-30-20-13-19-29)24-14-8-7-9-15-24;/h10-11,16-17,23-25,30H,2-9,12-15,18-22,29H2,1H3;1H. The van der Waals surface area contributed by atoms with Gasteiger partial charge in [0.25, 0.3) is 0 Å². The summed E-state index contributed by atoms with van der Waals surface area (Å²) >= 11 is 0. The smallest absolute Gasteiger partial charge is 0.0483 e. The van der Waals surface area contributed by atoms with Gasteiger partial charge in [0, 0.05) is 23.6 Å².